The van der Waals surface area contributed by atoms with E-state index in [1.54, 1.807) is 31.7 Å². The summed E-state index contributed by atoms with van der Waals surface area (Å²) in [4.78, 5) is 20.5. The zero-order valence-corrected chi connectivity index (χ0v) is 16.0. The summed E-state index contributed by atoms with van der Waals surface area (Å²) in [5, 5.41) is 9.32. The zero-order valence-electron chi connectivity index (χ0n) is 16.0. The summed E-state index contributed by atoms with van der Waals surface area (Å²) in [6.07, 6.45) is -3.16. The van der Waals surface area contributed by atoms with Gasteiger partial charge in [-0.05, 0) is 26.0 Å². The predicted octanol–water partition coefficient (Wildman–Crippen LogP) is 4.04. The van der Waals surface area contributed by atoms with Crippen molar-refractivity contribution in [2.45, 2.75) is 26.1 Å². The van der Waals surface area contributed by atoms with Crippen LogP contribution in [0.15, 0.2) is 24.4 Å². The molecule has 0 aliphatic rings. The number of alkyl halides is 3. The van der Waals surface area contributed by atoms with Crippen LogP contribution in [-0.4, -0.2) is 39.1 Å². The molecule has 0 fully saturated rings. The van der Waals surface area contributed by atoms with Crippen LogP contribution in [0.1, 0.15) is 24.1 Å². The fourth-order valence-corrected chi connectivity index (χ4v) is 3.05. The molecule has 29 heavy (non-hydrogen) atoms. The number of ether oxygens (including phenoxy) is 2. The van der Waals surface area contributed by atoms with Crippen LogP contribution < -0.4 is 9.47 Å². The van der Waals surface area contributed by atoms with Crippen molar-refractivity contribution in [2.24, 2.45) is 7.05 Å². The molecule has 154 valence electrons. The molecule has 3 rings (SSSR count). The van der Waals surface area contributed by atoms with Gasteiger partial charge in [-0.3, -0.25) is 4.79 Å². The Morgan fingerprint density at radius 2 is 1.97 bits per heavy atom. The molecule has 0 spiro atoms. The van der Waals surface area contributed by atoms with Crippen LogP contribution in [-0.2, 0) is 11.8 Å². The van der Waals surface area contributed by atoms with E-state index in [2.05, 4.69) is 14.7 Å². The molecular weight excluding hydrogens is 391 g/mol. The van der Waals surface area contributed by atoms with Crippen LogP contribution in [0.3, 0.4) is 0 Å². The molecule has 1 unspecified atom stereocenters. The summed E-state index contributed by atoms with van der Waals surface area (Å²) in [6.45, 7) is 3.24. The number of aromatic nitrogens is 3. The van der Waals surface area contributed by atoms with Crippen LogP contribution in [0.4, 0.5) is 13.2 Å². The molecule has 0 aliphatic heterocycles. The van der Waals surface area contributed by atoms with Crippen molar-refractivity contribution in [3.63, 3.8) is 0 Å². The highest BCUT2D eigenvalue weighted by molar-refractivity contribution is 5.87. The molecule has 1 atom stereocenters. The van der Waals surface area contributed by atoms with Gasteiger partial charge in [0, 0.05) is 30.4 Å². The molecule has 0 radical (unpaired) electrons. The smallest absolute Gasteiger partial charge is 0.496 e. The maximum Gasteiger partial charge on any atom is 0.573 e. The molecule has 0 saturated heterocycles. The molecule has 2 aromatic heterocycles. The van der Waals surface area contributed by atoms with Crippen LogP contribution in [0, 0.1) is 6.92 Å². The number of carboxylic acids is 1. The van der Waals surface area contributed by atoms with Crippen molar-refractivity contribution in [3.05, 3.63) is 35.7 Å². The van der Waals surface area contributed by atoms with E-state index in [0.717, 1.165) is 6.07 Å². The lowest BCUT2D eigenvalue weighted by atomic mass is 10.0. The van der Waals surface area contributed by atoms with Gasteiger partial charge >= 0.3 is 12.3 Å². The monoisotopic (exact) mass is 409 g/mol. The Morgan fingerprint density at radius 3 is 2.55 bits per heavy atom. The maximum absolute atomic E-state index is 12.5. The first-order chi connectivity index (χ1) is 13.5. The highest BCUT2D eigenvalue weighted by Gasteiger charge is 2.31. The number of fused-ring (bicyclic) bond motifs is 1. The number of carboxylic acid groups (broad SMARTS) is 1. The number of nitrogens with zero attached hydrogens (tertiary/aromatic N) is 3. The molecule has 1 N–H and O–H groups in total. The van der Waals surface area contributed by atoms with Crippen molar-refractivity contribution in [3.8, 4) is 22.8 Å². The minimum Gasteiger partial charge on any atom is -0.496 e. The second-order valence-corrected chi connectivity index (χ2v) is 6.50. The zero-order chi connectivity index (χ0) is 21.5. The van der Waals surface area contributed by atoms with E-state index in [1.807, 2.05) is 0 Å². The second kappa shape index (κ2) is 7.26. The molecule has 0 saturated carbocycles. The van der Waals surface area contributed by atoms with Gasteiger partial charge in [0.05, 0.1) is 24.4 Å². The highest BCUT2D eigenvalue weighted by atomic mass is 19.4. The van der Waals surface area contributed by atoms with E-state index in [-0.39, 0.29) is 5.75 Å². The second-order valence-electron chi connectivity index (χ2n) is 6.50. The van der Waals surface area contributed by atoms with Crippen molar-refractivity contribution < 1.29 is 32.5 Å². The van der Waals surface area contributed by atoms with Crippen LogP contribution in [0.2, 0.25) is 0 Å². The molecule has 0 aliphatic carbocycles. The van der Waals surface area contributed by atoms with E-state index in [0.29, 0.717) is 33.7 Å². The summed E-state index contributed by atoms with van der Waals surface area (Å²) in [6, 6.07) is 3.70. The molecule has 0 bridgehead atoms. The first-order valence-electron chi connectivity index (χ1n) is 8.52. The highest BCUT2D eigenvalue weighted by Crippen LogP contribution is 2.36. The Balaban J connectivity index is 2.14. The van der Waals surface area contributed by atoms with Crippen LogP contribution in [0.5, 0.6) is 11.5 Å². The number of rotatable bonds is 5. The topological polar surface area (TPSA) is 86.5 Å². The fourth-order valence-electron chi connectivity index (χ4n) is 3.05. The predicted molar refractivity (Wildman–Crippen MR) is 98.0 cm³/mol. The average Bonchev–Trinajstić information content (AvgIpc) is 2.94. The van der Waals surface area contributed by atoms with Gasteiger partial charge in [0.25, 0.3) is 0 Å². The quantitative estimate of drug-likeness (QED) is 0.685. The molecule has 10 heteroatoms. The third kappa shape index (κ3) is 3.96. The Labute approximate surface area is 163 Å². The largest absolute Gasteiger partial charge is 0.573 e. The first-order valence-corrected chi connectivity index (χ1v) is 8.52. The molecule has 3 aromatic rings. The number of halogens is 3. The number of benzene rings is 1. The Bertz CT molecular complexity index is 1090. The third-order valence-corrected chi connectivity index (χ3v) is 4.49. The number of hydrogen-bond donors (Lipinski definition) is 1. The maximum atomic E-state index is 12.5. The van der Waals surface area contributed by atoms with Crippen LogP contribution in [0.25, 0.3) is 22.4 Å². The Morgan fingerprint density at radius 1 is 1.28 bits per heavy atom. The van der Waals surface area contributed by atoms with Crippen molar-refractivity contribution >= 4 is 17.1 Å². The van der Waals surface area contributed by atoms with Crippen molar-refractivity contribution in [1.82, 2.24) is 14.5 Å². The lowest BCUT2D eigenvalue weighted by Gasteiger charge is -2.14. The number of hydrogen-bond acceptors (Lipinski definition) is 5. The van der Waals surface area contributed by atoms with Crippen LogP contribution >= 0.6 is 0 Å². The minimum atomic E-state index is -4.82. The first kappa shape index (κ1) is 20.4. The van der Waals surface area contributed by atoms with E-state index >= 15 is 0 Å². The van der Waals surface area contributed by atoms with E-state index < -0.39 is 24.0 Å². The number of aryl methyl sites for hydroxylation is 2. The van der Waals surface area contributed by atoms with E-state index in [1.165, 1.54) is 19.2 Å². The van der Waals surface area contributed by atoms with Gasteiger partial charge in [0.2, 0.25) is 0 Å². The molecular formula is C19H18F3N3O4. The minimum absolute atomic E-state index is 0.136. The molecule has 7 nitrogen and oxygen atoms in total. The Hall–Kier alpha value is -3.30. The fraction of sp³-hybridized carbons (Fsp3) is 0.316. The average molecular weight is 409 g/mol. The van der Waals surface area contributed by atoms with Gasteiger partial charge in [-0.25, -0.2) is 9.97 Å². The van der Waals surface area contributed by atoms with E-state index in [4.69, 9.17) is 4.74 Å². The van der Waals surface area contributed by atoms with Gasteiger partial charge in [-0.15, -0.1) is 13.2 Å². The van der Waals surface area contributed by atoms with Crippen molar-refractivity contribution in [2.75, 3.05) is 7.11 Å². The Kier molecular flexibility index (Phi) is 5.12. The number of carbonyl (C=O) groups is 1. The lowest BCUT2D eigenvalue weighted by Crippen LogP contribution is -2.17. The van der Waals surface area contributed by atoms with Gasteiger partial charge < -0.3 is 19.1 Å². The van der Waals surface area contributed by atoms with Gasteiger partial charge in [0.15, 0.2) is 5.65 Å². The number of methoxy groups -OCH3 is 1. The summed E-state index contributed by atoms with van der Waals surface area (Å²) in [5.74, 6) is -2.03. The summed E-state index contributed by atoms with van der Waals surface area (Å²) < 4.78 is 48.3. The van der Waals surface area contributed by atoms with Gasteiger partial charge in [-0.2, -0.15) is 0 Å². The van der Waals surface area contributed by atoms with Gasteiger partial charge in [0.1, 0.15) is 17.0 Å². The molecule has 1 aromatic carbocycles. The standard InChI is InChI=1S/C19H18F3N3O4/c1-9(18(26)27)13-8-25(3)17-16(13)23-10(2)15(24-17)12-6-5-11(7-14(12)28-4)29-19(20,21)22/h5-9H,1-4H3,(H,26,27). The van der Waals surface area contributed by atoms with E-state index in [9.17, 15) is 23.1 Å². The summed E-state index contributed by atoms with van der Waals surface area (Å²) in [7, 11) is 3.04. The summed E-state index contributed by atoms with van der Waals surface area (Å²) >= 11 is 0. The normalized spacial score (nSPS) is 12.8. The molecule has 2 heterocycles. The summed E-state index contributed by atoms with van der Waals surface area (Å²) in [5.41, 5.74) is 2.75. The third-order valence-electron chi connectivity index (χ3n) is 4.49. The number of aliphatic carboxylic acids is 1. The van der Waals surface area contributed by atoms with Crippen molar-refractivity contribution in [1.29, 1.82) is 0 Å². The molecule has 0 amide bonds. The van der Waals surface area contributed by atoms with Gasteiger partial charge in [-0.1, -0.05) is 0 Å². The lowest BCUT2D eigenvalue weighted by molar-refractivity contribution is -0.274. The SMILES string of the molecule is COc1cc(OC(F)(F)F)ccc1-c1nc2c(nc1C)c(C(C)C(=O)O)cn2C.